The van der Waals surface area contributed by atoms with Crippen LogP contribution >= 0.6 is 22.6 Å². The van der Waals surface area contributed by atoms with Crippen molar-refractivity contribution in [1.29, 1.82) is 0 Å². The average molecular weight is 433 g/mol. The van der Waals surface area contributed by atoms with Gasteiger partial charge in [0.05, 0.1) is 11.3 Å². The van der Waals surface area contributed by atoms with Crippen LogP contribution in [0.1, 0.15) is 41.3 Å². The summed E-state index contributed by atoms with van der Waals surface area (Å²) in [6.07, 6.45) is -4.52. The number of hydrogen-bond donors (Lipinski definition) is 1. The highest BCUT2D eigenvalue weighted by Crippen LogP contribution is 2.36. The van der Waals surface area contributed by atoms with E-state index >= 15 is 0 Å². The van der Waals surface area contributed by atoms with Gasteiger partial charge >= 0.3 is 6.18 Å². The number of carbonyl (C=O) groups is 1. The third kappa shape index (κ3) is 4.46. The Kier molecular flexibility index (Phi) is 5.33. The predicted octanol–water partition coefficient (Wildman–Crippen LogP) is 5.69. The third-order valence-electron chi connectivity index (χ3n) is 3.37. The summed E-state index contributed by atoms with van der Waals surface area (Å²) < 4.78 is 39.7. The first-order valence-corrected chi connectivity index (χ1v) is 8.04. The van der Waals surface area contributed by atoms with Gasteiger partial charge in [-0.25, -0.2) is 0 Å². The molecule has 2 nitrogen and oxygen atoms in total. The van der Waals surface area contributed by atoms with E-state index in [2.05, 4.69) is 5.32 Å². The molecule has 0 radical (unpaired) electrons. The van der Waals surface area contributed by atoms with Crippen molar-refractivity contribution in [2.75, 3.05) is 5.32 Å². The van der Waals surface area contributed by atoms with Gasteiger partial charge in [-0.05, 0) is 64.4 Å². The number of carbonyl (C=O) groups excluding carboxylic acids is 1. The van der Waals surface area contributed by atoms with Crippen LogP contribution in [-0.4, -0.2) is 5.91 Å². The van der Waals surface area contributed by atoms with Crippen molar-refractivity contribution in [2.24, 2.45) is 0 Å². The van der Waals surface area contributed by atoms with Crippen molar-refractivity contribution in [3.05, 3.63) is 62.7 Å². The Morgan fingerprint density at radius 1 is 1.09 bits per heavy atom. The summed E-state index contributed by atoms with van der Waals surface area (Å²) >= 11 is 1.80. The van der Waals surface area contributed by atoms with Gasteiger partial charge in [-0.1, -0.05) is 26.0 Å². The molecule has 0 fully saturated rings. The Morgan fingerprint density at radius 3 is 2.22 bits per heavy atom. The molecule has 0 saturated carbocycles. The molecule has 0 spiro atoms. The Morgan fingerprint density at radius 2 is 1.70 bits per heavy atom. The molecular weight excluding hydrogens is 418 g/mol. The number of halogens is 4. The fraction of sp³-hybridized carbons (Fsp3) is 0.235. The van der Waals surface area contributed by atoms with Crippen LogP contribution in [0.5, 0.6) is 0 Å². The van der Waals surface area contributed by atoms with Crippen LogP contribution < -0.4 is 5.32 Å². The molecular formula is C17H15F3INO. The maximum Gasteiger partial charge on any atom is 0.418 e. The number of nitrogens with one attached hydrogen (secondary N) is 1. The SMILES string of the molecule is CC(C)c1ccc(C(=O)Nc2ccc(I)cc2C(F)(F)F)cc1. The quantitative estimate of drug-likeness (QED) is 0.620. The van der Waals surface area contributed by atoms with Gasteiger partial charge in [-0.15, -0.1) is 0 Å². The van der Waals surface area contributed by atoms with Crippen LogP contribution in [0.25, 0.3) is 0 Å². The van der Waals surface area contributed by atoms with Gasteiger partial charge in [0, 0.05) is 9.13 Å². The second-order valence-electron chi connectivity index (χ2n) is 5.42. The lowest BCUT2D eigenvalue weighted by Gasteiger charge is -2.14. The van der Waals surface area contributed by atoms with Crippen LogP contribution in [0.2, 0.25) is 0 Å². The molecule has 122 valence electrons. The monoisotopic (exact) mass is 433 g/mol. The van der Waals surface area contributed by atoms with Crippen LogP contribution in [0.15, 0.2) is 42.5 Å². The van der Waals surface area contributed by atoms with Gasteiger partial charge in [-0.2, -0.15) is 13.2 Å². The highest BCUT2D eigenvalue weighted by molar-refractivity contribution is 14.1. The van der Waals surface area contributed by atoms with Gasteiger partial charge in [-0.3, -0.25) is 4.79 Å². The maximum absolute atomic E-state index is 13.1. The van der Waals surface area contributed by atoms with Crippen LogP contribution in [0, 0.1) is 3.57 Å². The maximum atomic E-state index is 13.1. The van der Waals surface area contributed by atoms with E-state index in [0.717, 1.165) is 11.6 Å². The fourth-order valence-electron chi connectivity index (χ4n) is 2.07. The van der Waals surface area contributed by atoms with E-state index in [9.17, 15) is 18.0 Å². The number of alkyl halides is 3. The second-order valence-corrected chi connectivity index (χ2v) is 6.66. The molecule has 1 N–H and O–H groups in total. The smallest absolute Gasteiger partial charge is 0.321 e. The molecule has 1 amide bonds. The molecule has 2 aromatic carbocycles. The largest absolute Gasteiger partial charge is 0.418 e. The van der Waals surface area contributed by atoms with E-state index < -0.39 is 17.6 Å². The number of amides is 1. The second kappa shape index (κ2) is 6.90. The van der Waals surface area contributed by atoms with E-state index in [0.29, 0.717) is 15.1 Å². The lowest BCUT2D eigenvalue weighted by atomic mass is 10.0. The van der Waals surface area contributed by atoms with Crippen molar-refractivity contribution in [2.45, 2.75) is 25.9 Å². The van der Waals surface area contributed by atoms with E-state index in [1.807, 2.05) is 13.8 Å². The van der Waals surface area contributed by atoms with Gasteiger partial charge < -0.3 is 5.32 Å². The van der Waals surface area contributed by atoms with E-state index in [1.165, 1.54) is 12.1 Å². The molecule has 0 aliphatic rings. The van der Waals surface area contributed by atoms with Gasteiger partial charge in [0.1, 0.15) is 0 Å². The zero-order valence-corrected chi connectivity index (χ0v) is 14.7. The standard InChI is InChI=1S/C17H15F3INO/c1-10(2)11-3-5-12(6-4-11)16(23)22-15-8-7-13(21)9-14(15)17(18,19)20/h3-10H,1-2H3,(H,22,23). The summed E-state index contributed by atoms with van der Waals surface area (Å²) in [7, 11) is 0. The topological polar surface area (TPSA) is 29.1 Å². The summed E-state index contributed by atoms with van der Waals surface area (Å²) in [5, 5.41) is 2.35. The molecule has 0 aliphatic heterocycles. The summed E-state index contributed by atoms with van der Waals surface area (Å²) in [6, 6.07) is 10.6. The minimum Gasteiger partial charge on any atom is -0.321 e. The molecule has 0 heterocycles. The molecule has 0 aliphatic carbocycles. The van der Waals surface area contributed by atoms with E-state index in [1.54, 1.807) is 46.9 Å². The predicted molar refractivity (Wildman–Crippen MR) is 92.6 cm³/mol. The summed E-state index contributed by atoms with van der Waals surface area (Å²) in [4.78, 5) is 12.2. The molecule has 0 bridgehead atoms. The third-order valence-corrected chi connectivity index (χ3v) is 4.05. The zero-order chi connectivity index (χ0) is 17.2. The Labute approximate surface area is 146 Å². The Hall–Kier alpha value is -1.57. The first-order chi connectivity index (χ1) is 10.7. The van der Waals surface area contributed by atoms with Crippen molar-refractivity contribution in [3.8, 4) is 0 Å². The average Bonchev–Trinajstić information content (AvgIpc) is 2.48. The van der Waals surface area contributed by atoms with E-state index in [-0.39, 0.29) is 5.69 Å². The normalized spacial score (nSPS) is 11.6. The zero-order valence-electron chi connectivity index (χ0n) is 12.5. The molecule has 0 aromatic heterocycles. The summed E-state index contributed by atoms with van der Waals surface area (Å²) in [6.45, 7) is 4.05. The molecule has 2 rings (SSSR count). The van der Waals surface area contributed by atoms with Crippen molar-refractivity contribution in [3.63, 3.8) is 0 Å². The van der Waals surface area contributed by atoms with Crippen molar-refractivity contribution in [1.82, 2.24) is 0 Å². The molecule has 2 aromatic rings. The number of benzene rings is 2. The molecule has 0 saturated heterocycles. The van der Waals surface area contributed by atoms with Crippen molar-refractivity contribution >= 4 is 34.2 Å². The van der Waals surface area contributed by atoms with Crippen LogP contribution in [0.3, 0.4) is 0 Å². The minimum absolute atomic E-state index is 0.240. The lowest BCUT2D eigenvalue weighted by Crippen LogP contribution is -2.17. The minimum atomic E-state index is -4.52. The van der Waals surface area contributed by atoms with Crippen LogP contribution in [-0.2, 0) is 6.18 Å². The van der Waals surface area contributed by atoms with Gasteiger partial charge in [0.15, 0.2) is 0 Å². The number of anilines is 1. The molecule has 0 unspecified atom stereocenters. The Balaban J connectivity index is 2.27. The number of rotatable bonds is 3. The highest BCUT2D eigenvalue weighted by Gasteiger charge is 2.34. The van der Waals surface area contributed by atoms with Crippen LogP contribution in [0.4, 0.5) is 18.9 Å². The van der Waals surface area contributed by atoms with Crippen molar-refractivity contribution < 1.29 is 18.0 Å². The van der Waals surface area contributed by atoms with Gasteiger partial charge in [0.2, 0.25) is 0 Å². The first-order valence-electron chi connectivity index (χ1n) is 6.96. The fourth-order valence-corrected chi connectivity index (χ4v) is 2.57. The Bertz CT molecular complexity index is 709. The molecule has 23 heavy (non-hydrogen) atoms. The highest BCUT2D eigenvalue weighted by atomic mass is 127. The number of hydrogen-bond acceptors (Lipinski definition) is 1. The summed E-state index contributed by atoms with van der Waals surface area (Å²) in [5.41, 5.74) is 0.292. The first kappa shape index (κ1) is 17.8. The van der Waals surface area contributed by atoms with E-state index in [4.69, 9.17) is 0 Å². The van der Waals surface area contributed by atoms with Gasteiger partial charge in [0.25, 0.3) is 5.91 Å². The molecule has 6 heteroatoms. The molecule has 0 atom stereocenters. The summed E-state index contributed by atoms with van der Waals surface area (Å²) in [5.74, 6) is -0.243. The lowest BCUT2D eigenvalue weighted by molar-refractivity contribution is -0.137.